The van der Waals surface area contributed by atoms with Crippen LogP contribution in [0, 0.1) is 0 Å². The highest BCUT2D eigenvalue weighted by atomic mass is 32.2. The Morgan fingerprint density at radius 2 is 1.72 bits per heavy atom. The third-order valence-electron chi connectivity index (χ3n) is 7.10. The highest BCUT2D eigenvalue weighted by molar-refractivity contribution is 7.92. The van der Waals surface area contributed by atoms with Crippen LogP contribution in [0.1, 0.15) is 48.1 Å². The van der Waals surface area contributed by atoms with Gasteiger partial charge in [-0.05, 0) is 46.9 Å². The van der Waals surface area contributed by atoms with Crippen molar-refractivity contribution >= 4 is 38.3 Å². The Bertz CT molecular complexity index is 1970. The Morgan fingerprint density at radius 3 is 2.36 bits per heavy atom. The Kier molecular flexibility index (Phi) is 10.8. The fourth-order valence-corrected chi connectivity index (χ4v) is 5.38. The molecule has 5 aromatic rings. The summed E-state index contributed by atoms with van der Waals surface area (Å²) in [5.41, 5.74) is 10.3. The van der Waals surface area contributed by atoms with Crippen molar-refractivity contribution in [2.75, 3.05) is 23.8 Å². The van der Waals surface area contributed by atoms with Crippen molar-refractivity contribution in [3.8, 4) is 17.2 Å². The molecular weight excluding hydrogens is 620 g/mol. The van der Waals surface area contributed by atoms with E-state index >= 15 is 0 Å². The number of aromatic carboxylic acids is 1. The molecule has 2 aromatic heterocycles. The van der Waals surface area contributed by atoms with Crippen LogP contribution in [0.15, 0.2) is 85.1 Å². The van der Waals surface area contributed by atoms with Crippen LogP contribution in [0.5, 0.6) is 17.2 Å². The van der Waals surface area contributed by atoms with Crippen molar-refractivity contribution in [2.45, 2.75) is 39.4 Å². The zero-order valence-corrected chi connectivity index (χ0v) is 28.1. The topological polar surface area (TPSA) is 155 Å². The van der Waals surface area contributed by atoms with E-state index in [9.17, 15) is 18.3 Å². The molecule has 4 N–H and O–H groups in total. The second-order valence-electron chi connectivity index (χ2n) is 11.9. The number of benzene rings is 3. The van der Waals surface area contributed by atoms with Crippen LogP contribution >= 0.6 is 0 Å². The van der Waals surface area contributed by atoms with Gasteiger partial charge in [0.15, 0.2) is 11.5 Å². The number of carboxylic acids is 1. The molecule has 248 valence electrons. The zero-order valence-electron chi connectivity index (χ0n) is 27.3. The number of nitrogens with zero attached hydrogens (tertiary/aromatic N) is 2. The fourth-order valence-electron chi connectivity index (χ4n) is 4.83. The molecule has 0 fully saturated rings. The maximum absolute atomic E-state index is 11.4. The molecule has 11 nitrogen and oxygen atoms in total. The van der Waals surface area contributed by atoms with Crippen molar-refractivity contribution < 1.29 is 32.5 Å². The summed E-state index contributed by atoms with van der Waals surface area (Å²) in [6.07, 6.45) is 2.76. The second kappa shape index (κ2) is 14.6. The molecule has 0 atom stereocenters. The number of anilines is 2. The minimum atomic E-state index is -3.37. The molecule has 0 spiro atoms. The summed E-state index contributed by atoms with van der Waals surface area (Å²) < 4.78 is 43.7. The monoisotopic (exact) mass is 660 g/mol. The molecule has 0 aliphatic heterocycles. The van der Waals surface area contributed by atoms with Crippen LogP contribution in [-0.2, 0) is 40.4 Å². The normalized spacial score (nSPS) is 11.4. The first kappa shape index (κ1) is 34.8. The van der Waals surface area contributed by atoms with Gasteiger partial charge in [0.05, 0.1) is 49.2 Å². The first-order chi connectivity index (χ1) is 22.2. The molecule has 3 aromatic carbocycles. The van der Waals surface area contributed by atoms with E-state index in [-0.39, 0.29) is 11.1 Å². The maximum Gasteiger partial charge on any atom is 0.352 e. The van der Waals surface area contributed by atoms with Gasteiger partial charge >= 0.3 is 5.97 Å². The molecule has 0 aliphatic rings. The highest BCUT2D eigenvalue weighted by Gasteiger charge is 2.20. The Balaban J connectivity index is 0.000000240. The molecule has 0 amide bonds. The van der Waals surface area contributed by atoms with Gasteiger partial charge in [0.25, 0.3) is 0 Å². The number of nitrogens with one attached hydrogen (secondary N) is 1. The van der Waals surface area contributed by atoms with Gasteiger partial charge in [-0.1, -0.05) is 63.2 Å². The number of aryl methyl sites for hydroxylation is 1. The molecule has 2 heterocycles. The van der Waals surface area contributed by atoms with Crippen LogP contribution in [0.2, 0.25) is 0 Å². The number of para-hydroxylation sites is 1. The minimum absolute atomic E-state index is 0.131. The number of pyridine rings is 1. The molecule has 0 unspecified atom stereocenters. The first-order valence-electron chi connectivity index (χ1n) is 14.7. The van der Waals surface area contributed by atoms with Crippen LogP contribution in [0.4, 0.5) is 11.4 Å². The number of fused-ring (bicyclic) bond motifs is 1. The van der Waals surface area contributed by atoms with Crippen LogP contribution in [0.3, 0.4) is 0 Å². The largest absolute Gasteiger partial charge is 0.492 e. The summed E-state index contributed by atoms with van der Waals surface area (Å²) >= 11 is 0. The molecule has 12 heteroatoms. The Hall–Kier alpha value is -5.07. The van der Waals surface area contributed by atoms with E-state index in [1.807, 2.05) is 75.4 Å². The summed E-state index contributed by atoms with van der Waals surface area (Å²) in [5.74, 6) is 0.563. The van der Waals surface area contributed by atoms with Crippen molar-refractivity contribution in [1.29, 1.82) is 0 Å². The maximum atomic E-state index is 11.4. The molecule has 47 heavy (non-hydrogen) atoms. The fraction of sp³-hybridized carbons (Fsp3) is 0.257. The predicted octanol–water partition coefficient (Wildman–Crippen LogP) is 6.73. The van der Waals surface area contributed by atoms with Crippen molar-refractivity contribution in [2.24, 2.45) is 7.05 Å². The number of methoxy groups -OCH3 is 1. The zero-order chi connectivity index (χ0) is 34.4. The van der Waals surface area contributed by atoms with Gasteiger partial charge in [-0.25, -0.2) is 13.2 Å². The summed E-state index contributed by atoms with van der Waals surface area (Å²) in [5, 5.41) is 10.2. The van der Waals surface area contributed by atoms with Crippen LogP contribution in [-0.4, -0.2) is 42.4 Å². The number of carboxylic acid groups (broad SMARTS) is 1. The molecule has 0 aliphatic carbocycles. The van der Waals surface area contributed by atoms with E-state index in [1.165, 1.54) is 7.11 Å². The lowest BCUT2D eigenvalue weighted by atomic mass is 9.86. The van der Waals surface area contributed by atoms with Crippen LogP contribution in [0.25, 0.3) is 10.9 Å². The molecule has 0 radical (unpaired) electrons. The van der Waals surface area contributed by atoms with Gasteiger partial charge < -0.3 is 29.6 Å². The average Bonchev–Trinajstić information content (AvgIpc) is 3.34. The lowest BCUT2D eigenvalue weighted by Gasteiger charge is -2.22. The number of carbonyl (C=O) groups is 1. The van der Waals surface area contributed by atoms with E-state index in [1.54, 1.807) is 42.1 Å². The minimum Gasteiger partial charge on any atom is -0.492 e. The number of sulfonamides is 1. The lowest BCUT2D eigenvalue weighted by molar-refractivity contribution is 0.0687. The van der Waals surface area contributed by atoms with E-state index < -0.39 is 16.0 Å². The molecule has 0 saturated carbocycles. The van der Waals surface area contributed by atoms with Gasteiger partial charge in [-0.3, -0.25) is 9.71 Å². The molecule has 0 bridgehead atoms. The lowest BCUT2D eigenvalue weighted by Crippen LogP contribution is -2.15. The summed E-state index contributed by atoms with van der Waals surface area (Å²) in [7, 11) is -0.204. The summed E-state index contributed by atoms with van der Waals surface area (Å²) in [6.45, 7) is 6.95. The molecule has 5 rings (SSSR count). The Morgan fingerprint density at radius 1 is 1.00 bits per heavy atom. The van der Waals surface area contributed by atoms with E-state index in [4.69, 9.17) is 19.9 Å². The first-order valence-corrected chi connectivity index (χ1v) is 16.6. The molecular formula is C35H40N4O7S. The van der Waals surface area contributed by atoms with E-state index in [0.717, 1.165) is 34.0 Å². The third kappa shape index (κ3) is 9.24. The number of aromatic nitrogens is 2. The number of nitrogen functional groups attached to an aromatic ring is 1. The van der Waals surface area contributed by atoms with Crippen molar-refractivity contribution in [3.63, 3.8) is 0 Å². The average molecular weight is 661 g/mol. The second-order valence-corrected chi connectivity index (χ2v) is 13.7. The number of hydrogen-bond donors (Lipinski definition) is 3. The number of rotatable bonds is 10. The number of nitrogens with two attached hydrogens (primary N) is 1. The van der Waals surface area contributed by atoms with Gasteiger partial charge in [-0.15, -0.1) is 0 Å². The SMILES string of the molecule is COc1c(N)cc(C(C)(C)C)cc1NS(C)(=O)=O.Cn1c(C(=O)O)cc2cccc(Oc3ccnc(COCc4ccccc4)c3)c21. The third-order valence-corrected chi connectivity index (χ3v) is 7.69. The van der Waals surface area contributed by atoms with Gasteiger partial charge in [0.1, 0.15) is 11.4 Å². The van der Waals surface area contributed by atoms with Crippen LogP contribution < -0.4 is 19.9 Å². The van der Waals surface area contributed by atoms with Gasteiger partial charge in [0, 0.05) is 24.7 Å². The number of ether oxygens (including phenoxy) is 3. The molecule has 0 saturated heterocycles. The van der Waals surface area contributed by atoms with E-state index in [0.29, 0.717) is 41.8 Å². The van der Waals surface area contributed by atoms with Crippen molar-refractivity contribution in [1.82, 2.24) is 9.55 Å². The summed E-state index contributed by atoms with van der Waals surface area (Å²) in [4.78, 5) is 15.8. The summed E-state index contributed by atoms with van der Waals surface area (Å²) in [6, 6.07) is 24.2. The standard InChI is InChI=1S/C23H20N2O4.C12H20N2O3S/c1-25-20(23(26)27)12-17-8-5-9-21(22(17)25)29-19-10-11-24-18(13-19)15-28-14-16-6-3-2-4-7-16;1-12(2,3)8-6-9(13)11(17-4)10(7-8)14-18(5,15)16/h2-13H,14-15H2,1H3,(H,26,27);6-7,14H,13H2,1-5H3. The number of hydrogen-bond acceptors (Lipinski definition) is 8. The van der Waals surface area contributed by atoms with Gasteiger partial charge in [-0.2, -0.15) is 0 Å². The van der Waals surface area contributed by atoms with Crippen molar-refractivity contribution in [3.05, 3.63) is 108 Å². The van der Waals surface area contributed by atoms with Gasteiger partial charge in [0.2, 0.25) is 10.0 Å². The Labute approximate surface area is 275 Å². The van der Waals surface area contributed by atoms with E-state index in [2.05, 4.69) is 9.71 Å². The highest BCUT2D eigenvalue weighted by Crippen LogP contribution is 2.37. The smallest absolute Gasteiger partial charge is 0.352 e. The quantitative estimate of drug-likeness (QED) is 0.138. The predicted molar refractivity (Wildman–Crippen MR) is 184 cm³/mol.